The first-order valence-electron chi connectivity index (χ1n) is 10.6. The largest absolute Gasteiger partial charge is 0.450 e. The molecule has 5 aromatic heterocycles. The van der Waals surface area contributed by atoms with E-state index in [1.165, 1.54) is 18.4 Å². The molecule has 1 aliphatic rings. The van der Waals surface area contributed by atoms with E-state index in [1.54, 1.807) is 35.5 Å². The maximum atomic E-state index is 6.72. The molecular weight excluding hydrogens is 442 g/mol. The number of nitrogens with zero attached hydrogens (tertiary/aromatic N) is 8. The predicted molar refractivity (Wildman–Crippen MR) is 123 cm³/mol. The van der Waals surface area contributed by atoms with Crippen molar-refractivity contribution in [2.24, 2.45) is 7.05 Å². The summed E-state index contributed by atoms with van der Waals surface area (Å²) in [6.45, 7) is 4.06. The number of nitrogens with one attached hydrogen (secondary N) is 1. The molecule has 5 heterocycles. The van der Waals surface area contributed by atoms with Crippen molar-refractivity contribution in [3.8, 4) is 11.5 Å². The molecule has 0 radical (unpaired) electrons. The van der Waals surface area contributed by atoms with Gasteiger partial charge in [-0.15, -0.1) is 0 Å². The van der Waals surface area contributed by atoms with Crippen molar-refractivity contribution in [1.82, 2.24) is 39.1 Å². The molecule has 5 aromatic rings. The van der Waals surface area contributed by atoms with Crippen LogP contribution in [0.4, 0.5) is 11.9 Å². The highest BCUT2D eigenvalue weighted by molar-refractivity contribution is 6.36. The summed E-state index contributed by atoms with van der Waals surface area (Å²) in [7, 11) is 1.85. The third kappa shape index (κ3) is 3.34. The lowest BCUT2D eigenvalue weighted by molar-refractivity contribution is 0.486. The van der Waals surface area contributed by atoms with E-state index in [1.807, 2.05) is 25.5 Å². The number of rotatable bonds is 5. The Labute approximate surface area is 193 Å². The summed E-state index contributed by atoms with van der Waals surface area (Å²) in [5.74, 6) is 2.56. The maximum Gasteiger partial charge on any atom is 0.229 e. The summed E-state index contributed by atoms with van der Waals surface area (Å²) in [4.78, 5) is 22.4. The summed E-state index contributed by atoms with van der Waals surface area (Å²) in [5, 5.41) is 7.86. The van der Waals surface area contributed by atoms with Gasteiger partial charge in [-0.05, 0) is 38.2 Å². The summed E-state index contributed by atoms with van der Waals surface area (Å²) in [6.07, 6.45) is 10.7. The van der Waals surface area contributed by atoms with Crippen LogP contribution in [0.3, 0.4) is 0 Å². The first-order valence-corrected chi connectivity index (χ1v) is 11.0. The van der Waals surface area contributed by atoms with Crippen molar-refractivity contribution in [2.75, 3.05) is 5.32 Å². The first-order chi connectivity index (χ1) is 16.0. The van der Waals surface area contributed by atoms with Crippen LogP contribution < -0.4 is 10.1 Å². The van der Waals surface area contributed by atoms with Crippen molar-refractivity contribution >= 4 is 40.2 Å². The number of fused-ring (bicyclic) bond motifs is 2. The molecule has 33 heavy (non-hydrogen) atoms. The molecular formula is C22H20ClN9O. The normalized spacial score (nSPS) is 13.7. The zero-order chi connectivity index (χ0) is 22.7. The van der Waals surface area contributed by atoms with Gasteiger partial charge in [0, 0.05) is 30.8 Å². The third-order valence-corrected chi connectivity index (χ3v) is 6.22. The minimum Gasteiger partial charge on any atom is -0.450 e. The maximum absolute atomic E-state index is 6.72. The average Bonchev–Trinajstić information content (AvgIpc) is 3.46. The third-order valence-electron chi connectivity index (χ3n) is 5.85. The smallest absolute Gasteiger partial charge is 0.229 e. The lowest BCUT2D eigenvalue weighted by atomic mass is 10.1. The van der Waals surface area contributed by atoms with Crippen LogP contribution in [0.25, 0.3) is 16.7 Å². The second-order valence-corrected chi connectivity index (χ2v) is 8.53. The summed E-state index contributed by atoms with van der Waals surface area (Å²) in [6, 6.07) is 0. The standard InChI is InChI=1S/C22H20ClN9O/c1-11-17(13-4-5-13)12(2)28-21(27-11)30-22-29-20-19(31(22)3)18(23)16(9-25-20)33-15-10-26-32-7-6-24-8-14(15)32/h6-10,13H,4-5H2,1-3H3,(H,25,27,28,29,30). The van der Waals surface area contributed by atoms with Crippen LogP contribution in [-0.4, -0.2) is 39.1 Å². The molecule has 0 unspecified atom stereocenters. The van der Waals surface area contributed by atoms with Crippen LogP contribution in [0.1, 0.15) is 35.7 Å². The molecule has 1 N–H and O–H groups in total. The van der Waals surface area contributed by atoms with Gasteiger partial charge in [0.1, 0.15) is 16.1 Å². The van der Waals surface area contributed by atoms with Crippen LogP contribution in [0.5, 0.6) is 11.5 Å². The fraction of sp³-hybridized carbons (Fsp3) is 0.273. The summed E-state index contributed by atoms with van der Waals surface area (Å²) in [5.41, 5.74) is 5.11. The lowest BCUT2D eigenvalue weighted by Gasteiger charge is -2.11. The van der Waals surface area contributed by atoms with E-state index in [0.29, 0.717) is 45.5 Å². The number of halogens is 1. The highest BCUT2D eigenvalue weighted by atomic mass is 35.5. The Morgan fingerprint density at radius 2 is 1.85 bits per heavy atom. The van der Waals surface area contributed by atoms with Crippen molar-refractivity contribution in [3.63, 3.8) is 0 Å². The van der Waals surface area contributed by atoms with Gasteiger partial charge in [-0.25, -0.2) is 19.5 Å². The lowest BCUT2D eigenvalue weighted by Crippen LogP contribution is -2.07. The number of aryl methyl sites for hydroxylation is 3. The van der Waals surface area contributed by atoms with Crippen LogP contribution in [0, 0.1) is 13.8 Å². The topological polar surface area (TPSA) is 108 Å². The molecule has 166 valence electrons. The zero-order valence-corrected chi connectivity index (χ0v) is 19.0. The number of imidazole rings is 1. The highest BCUT2D eigenvalue weighted by Crippen LogP contribution is 2.42. The van der Waals surface area contributed by atoms with E-state index in [2.05, 4.69) is 35.3 Å². The monoisotopic (exact) mass is 461 g/mol. The summed E-state index contributed by atoms with van der Waals surface area (Å²) < 4.78 is 9.51. The average molecular weight is 462 g/mol. The van der Waals surface area contributed by atoms with Gasteiger partial charge >= 0.3 is 0 Å². The van der Waals surface area contributed by atoms with Gasteiger partial charge in [0.15, 0.2) is 17.1 Å². The van der Waals surface area contributed by atoms with Crippen LogP contribution in [-0.2, 0) is 7.05 Å². The molecule has 1 aliphatic carbocycles. The number of hydrogen-bond donors (Lipinski definition) is 1. The van der Waals surface area contributed by atoms with E-state index in [9.17, 15) is 0 Å². The van der Waals surface area contributed by atoms with Crippen LogP contribution in [0.15, 0.2) is 31.0 Å². The molecule has 10 nitrogen and oxygen atoms in total. The van der Waals surface area contributed by atoms with E-state index in [0.717, 1.165) is 16.9 Å². The molecule has 0 atom stereocenters. The fourth-order valence-corrected chi connectivity index (χ4v) is 4.45. The van der Waals surface area contributed by atoms with Gasteiger partial charge in [0.25, 0.3) is 0 Å². The van der Waals surface area contributed by atoms with E-state index in [4.69, 9.17) is 16.3 Å². The fourth-order valence-electron chi connectivity index (χ4n) is 4.15. The minimum atomic E-state index is 0.392. The second-order valence-electron chi connectivity index (χ2n) is 8.15. The van der Waals surface area contributed by atoms with Gasteiger partial charge in [-0.2, -0.15) is 10.1 Å². The molecule has 6 rings (SSSR count). The summed E-state index contributed by atoms with van der Waals surface area (Å²) >= 11 is 6.72. The molecule has 0 amide bonds. The van der Waals surface area contributed by atoms with E-state index in [-0.39, 0.29) is 0 Å². The van der Waals surface area contributed by atoms with Gasteiger partial charge in [-0.3, -0.25) is 10.3 Å². The quantitative estimate of drug-likeness (QED) is 0.408. The number of aromatic nitrogens is 8. The molecule has 11 heteroatoms. The number of ether oxygens (including phenoxy) is 1. The van der Waals surface area contributed by atoms with Crippen LogP contribution >= 0.6 is 11.6 Å². The van der Waals surface area contributed by atoms with Crippen molar-refractivity contribution < 1.29 is 4.74 Å². The zero-order valence-electron chi connectivity index (χ0n) is 18.2. The van der Waals surface area contributed by atoms with Crippen LogP contribution in [0.2, 0.25) is 5.02 Å². The van der Waals surface area contributed by atoms with Crippen molar-refractivity contribution in [2.45, 2.75) is 32.6 Å². The number of pyridine rings is 1. The molecule has 1 fully saturated rings. The number of hydrogen-bond acceptors (Lipinski definition) is 8. The molecule has 1 saturated carbocycles. The molecule has 0 aliphatic heterocycles. The van der Waals surface area contributed by atoms with Gasteiger partial charge in [-0.1, -0.05) is 11.6 Å². The molecule has 0 saturated heterocycles. The highest BCUT2D eigenvalue weighted by Gasteiger charge is 2.28. The molecule has 0 spiro atoms. The Bertz CT molecular complexity index is 1510. The first kappa shape index (κ1) is 19.9. The van der Waals surface area contributed by atoms with Crippen molar-refractivity contribution in [3.05, 3.63) is 53.0 Å². The minimum absolute atomic E-state index is 0.392. The SMILES string of the molecule is Cc1nc(Nc2nc3ncc(Oc4cnn5ccncc45)c(Cl)c3n2C)nc(C)c1C1CC1. The number of anilines is 2. The Morgan fingerprint density at radius 1 is 1.06 bits per heavy atom. The van der Waals surface area contributed by atoms with Crippen molar-refractivity contribution in [1.29, 1.82) is 0 Å². The van der Waals surface area contributed by atoms with Gasteiger partial charge in [0.05, 0.1) is 18.6 Å². The Balaban J connectivity index is 1.35. The van der Waals surface area contributed by atoms with Gasteiger partial charge < -0.3 is 9.30 Å². The van der Waals surface area contributed by atoms with E-state index < -0.39 is 0 Å². The molecule has 0 bridgehead atoms. The Morgan fingerprint density at radius 3 is 2.61 bits per heavy atom. The predicted octanol–water partition coefficient (Wildman–Crippen LogP) is 4.48. The van der Waals surface area contributed by atoms with E-state index >= 15 is 0 Å². The molecule has 0 aromatic carbocycles. The van der Waals surface area contributed by atoms with Gasteiger partial charge in [0.2, 0.25) is 11.9 Å². The Kier molecular flexibility index (Phi) is 4.44. The second kappa shape index (κ2) is 7.38. The Hall–Kier alpha value is -3.79.